The number of anilines is 1. The number of aromatic nitrogens is 2. The minimum atomic E-state index is -0.185. The Balaban J connectivity index is 1.48. The predicted octanol–water partition coefficient (Wildman–Crippen LogP) is 4.89. The average molecular weight is 433 g/mol. The predicted molar refractivity (Wildman–Crippen MR) is 125 cm³/mol. The molecule has 31 heavy (non-hydrogen) atoms. The van der Waals surface area contributed by atoms with E-state index in [1.54, 1.807) is 6.20 Å². The molecule has 2 heterocycles. The van der Waals surface area contributed by atoms with Crippen molar-refractivity contribution >= 4 is 39.7 Å². The van der Waals surface area contributed by atoms with Crippen LogP contribution in [0.2, 0.25) is 0 Å². The van der Waals surface area contributed by atoms with E-state index in [1.165, 1.54) is 11.3 Å². The van der Waals surface area contributed by atoms with Crippen molar-refractivity contribution in [3.05, 3.63) is 71.9 Å². The van der Waals surface area contributed by atoms with E-state index in [-0.39, 0.29) is 11.8 Å². The molecule has 0 radical (unpaired) electrons. The normalized spacial score (nSPS) is 10.9. The number of benzene rings is 2. The van der Waals surface area contributed by atoms with E-state index >= 15 is 0 Å². The van der Waals surface area contributed by atoms with E-state index in [0.717, 1.165) is 21.5 Å². The van der Waals surface area contributed by atoms with Gasteiger partial charge in [0.15, 0.2) is 0 Å². The minimum absolute atomic E-state index is 0.0966. The highest BCUT2D eigenvalue weighted by atomic mass is 32.1. The van der Waals surface area contributed by atoms with Crippen LogP contribution in [-0.4, -0.2) is 39.4 Å². The van der Waals surface area contributed by atoms with Gasteiger partial charge in [-0.2, -0.15) is 0 Å². The van der Waals surface area contributed by atoms with E-state index < -0.39 is 0 Å². The van der Waals surface area contributed by atoms with Crippen LogP contribution in [0, 0.1) is 0 Å². The van der Waals surface area contributed by atoms with Gasteiger partial charge in [0.2, 0.25) is 5.91 Å². The molecule has 1 N–H and O–H groups in total. The molecular formula is C24H24N4O2S. The quantitative estimate of drug-likeness (QED) is 0.452. The lowest BCUT2D eigenvalue weighted by Gasteiger charge is -2.19. The second-order valence-electron chi connectivity index (χ2n) is 7.13. The summed E-state index contributed by atoms with van der Waals surface area (Å²) in [5.74, 6) is -0.0885. The molecule has 0 saturated carbocycles. The summed E-state index contributed by atoms with van der Waals surface area (Å²) in [6.45, 7) is 5.68. The first-order chi connectivity index (χ1) is 15.1. The molecule has 0 fully saturated rings. The van der Waals surface area contributed by atoms with Gasteiger partial charge in [0.25, 0.3) is 5.91 Å². The third-order valence-electron chi connectivity index (χ3n) is 5.20. The largest absolute Gasteiger partial charge is 0.342 e. The van der Waals surface area contributed by atoms with E-state index in [4.69, 9.17) is 0 Å². The van der Waals surface area contributed by atoms with Crippen LogP contribution in [0.4, 0.5) is 5.69 Å². The highest BCUT2D eigenvalue weighted by Crippen LogP contribution is 2.26. The lowest BCUT2D eigenvalue weighted by atomic mass is 10.2. The number of nitrogens with one attached hydrogen (secondary N) is 1. The van der Waals surface area contributed by atoms with Gasteiger partial charge in [-0.15, -0.1) is 11.3 Å². The highest BCUT2D eigenvalue weighted by molar-refractivity contribution is 7.17. The van der Waals surface area contributed by atoms with Gasteiger partial charge in [-0.25, -0.2) is 4.98 Å². The summed E-state index contributed by atoms with van der Waals surface area (Å²) >= 11 is 1.37. The topological polar surface area (TPSA) is 67.2 Å². The number of hydrogen-bond acceptors (Lipinski definition) is 4. The fourth-order valence-corrected chi connectivity index (χ4v) is 4.34. The summed E-state index contributed by atoms with van der Waals surface area (Å²) in [4.78, 5) is 31.9. The summed E-state index contributed by atoms with van der Waals surface area (Å²) in [7, 11) is 0. The van der Waals surface area contributed by atoms with Crippen molar-refractivity contribution in [3.63, 3.8) is 0 Å². The number of hydrogen-bond donors (Lipinski definition) is 1. The Morgan fingerprint density at radius 1 is 1.06 bits per heavy atom. The number of rotatable bonds is 7. The third kappa shape index (κ3) is 4.51. The summed E-state index contributed by atoms with van der Waals surface area (Å²) in [5.41, 5.74) is 2.66. The zero-order valence-electron chi connectivity index (χ0n) is 17.5. The number of thiazole rings is 1. The van der Waals surface area contributed by atoms with Crippen LogP contribution in [0.15, 0.2) is 67.0 Å². The molecule has 7 heteroatoms. The molecule has 4 rings (SSSR count). The van der Waals surface area contributed by atoms with Gasteiger partial charge >= 0.3 is 0 Å². The van der Waals surface area contributed by atoms with Crippen molar-refractivity contribution in [1.29, 1.82) is 0 Å². The lowest BCUT2D eigenvalue weighted by Crippen LogP contribution is -2.33. The van der Waals surface area contributed by atoms with Crippen LogP contribution in [0.1, 0.15) is 23.5 Å². The first kappa shape index (κ1) is 20.8. The Kier molecular flexibility index (Phi) is 6.13. The summed E-state index contributed by atoms with van der Waals surface area (Å²) < 4.78 is 1.94. The SMILES string of the molecule is CCN(CC)C(=O)Cn1ccc2cc(NC(=O)c3cnc(-c4ccccc4)s3)ccc21. The van der Waals surface area contributed by atoms with Crippen molar-refractivity contribution in [1.82, 2.24) is 14.5 Å². The number of fused-ring (bicyclic) bond motifs is 1. The van der Waals surface area contributed by atoms with Crippen molar-refractivity contribution in [2.45, 2.75) is 20.4 Å². The zero-order chi connectivity index (χ0) is 21.8. The van der Waals surface area contributed by atoms with Gasteiger partial charge in [-0.3, -0.25) is 9.59 Å². The van der Waals surface area contributed by atoms with Crippen molar-refractivity contribution in [2.24, 2.45) is 0 Å². The molecule has 2 amide bonds. The fraction of sp³-hybridized carbons (Fsp3) is 0.208. The molecule has 6 nitrogen and oxygen atoms in total. The van der Waals surface area contributed by atoms with Crippen LogP contribution in [0.5, 0.6) is 0 Å². The minimum Gasteiger partial charge on any atom is -0.342 e. The molecule has 0 spiro atoms. The molecule has 4 aromatic rings. The van der Waals surface area contributed by atoms with E-state index in [2.05, 4.69) is 10.3 Å². The molecule has 2 aromatic heterocycles. The summed E-state index contributed by atoms with van der Waals surface area (Å²) in [6.07, 6.45) is 3.52. The van der Waals surface area contributed by atoms with Gasteiger partial charge in [-0.05, 0) is 38.1 Å². The Bertz CT molecular complexity index is 1210. The second-order valence-corrected chi connectivity index (χ2v) is 8.16. The van der Waals surface area contributed by atoms with Crippen LogP contribution in [0.3, 0.4) is 0 Å². The molecule has 0 saturated heterocycles. The molecule has 0 atom stereocenters. The molecule has 0 aliphatic heterocycles. The maximum Gasteiger partial charge on any atom is 0.267 e. The van der Waals surface area contributed by atoms with Crippen LogP contribution in [0.25, 0.3) is 21.5 Å². The Morgan fingerprint density at radius 2 is 1.84 bits per heavy atom. The summed E-state index contributed by atoms with van der Waals surface area (Å²) in [5, 5.41) is 4.74. The maximum absolute atomic E-state index is 12.7. The molecule has 158 valence electrons. The van der Waals surface area contributed by atoms with Gasteiger partial charge in [0.05, 0.1) is 6.20 Å². The molecule has 0 unspecified atom stereocenters. The van der Waals surface area contributed by atoms with Gasteiger partial charge in [0, 0.05) is 41.4 Å². The molecular weight excluding hydrogens is 408 g/mol. The van der Waals surface area contributed by atoms with E-state index in [1.807, 2.05) is 84.1 Å². The molecule has 0 aliphatic carbocycles. The fourth-order valence-electron chi connectivity index (χ4n) is 3.52. The Morgan fingerprint density at radius 3 is 2.58 bits per heavy atom. The second kappa shape index (κ2) is 9.14. The standard InChI is InChI=1S/C24H24N4O2S/c1-3-27(4-2)22(29)16-28-13-12-18-14-19(10-11-20(18)28)26-23(30)21-15-25-24(31-21)17-8-6-5-7-9-17/h5-15H,3-4,16H2,1-2H3,(H,26,30). The van der Waals surface area contributed by atoms with Crippen LogP contribution in [-0.2, 0) is 11.3 Å². The van der Waals surface area contributed by atoms with Crippen molar-refractivity contribution in [2.75, 3.05) is 18.4 Å². The van der Waals surface area contributed by atoms with Gasteiger partial charge in [-0.1, -0.05) is 30.3 Å². The first-order valence-corrected chi connectivity index (χ1v) is 11.1. The van der Waals surface area contributed by atoms with Crippen molar-refractivity contribution in [3.8, 4) is 10.6 Å². The number of carbonyl (C=O) groups excluding carboxylic acids is 2. The van der Waals surface area contributed by atoms with E-state index in [0.29, 0.717) is 30.2 Å². The van der Waals surface area contributed by atoms with Crippen LogP contribution < -0.4 is 5.32 Å². The van der Waals surface area contributed by atoms with Crippen molar-refractivity contribution < 1.29 is 9.59 Å². The third-order valence-corrected chi connectivity index (χ3v) is 6.25. The Labute approximate surface area is 185 Å². The highest BCUT2D eigenvalue weighted by Gasteiger charge is 2.14. The molecule has 2 aromatic carbocycles. The zero-order valence-corrected chi connectivity index (χ0v) is 18.4. The number of carbonyl (C=O) groups is 2. The van der Waals surface area contributed by atoms with E-state index in [9.17, 15) is 9.59 Å². The van der Waals surface area contributed by atoms with Crippen LogP contribution >= 0.6 is 11.3 Å². The molecule has 0 aliphatic rings. The van der Waals surface area contributed by atoms with Gasteiger partial charge in [0.1, 0.15) is 16.4 Å². The lowest BCUT2D eigenvalue weighted by molar-refractivity contribution is -0.131. The summed E-state index contributed by atoms with van der Waals surface area (Å²) in [6, 6.07) is 17.5. The monoisotopic (exact) mass is 432 g/mol. The smallest absolute Gasteiger partial charge is 0.267 e. The number of likely N-dealkylation sites (N-methyl/N-ethyl adjacent to an activating group) is 1. The Hall–Kier alpha value is -3.45. The maximum atomic E-state index is 12.7. The number of amides is 2. The molecule has 0 bridgehead atoms. The average Bonchev–Trinajstić information content (AvgIpc) is 3.43. The van der Waals surface area contributed by atoms with Gasteiger partial charge < -0.3 is 14.8 Å². The first-order valence-electron chi connectivity index (χ1n) is 10.3. The number of nitrogens with zero attached hydrogens (tertiary/aromatic N) is 3.